The molecule has 3 rings (SSSR count). The van der Waals surface area contributed by atoms with E-state index in [9.17, 15) is 4.79 Å². The van der Waals surface area contributed by atoms with Gasteiger partial charge in [0, 0.05) is 37.8 Å². The van der Waals surface area contributed by atoms with Crippen molar-refractivity contribution < 1.29 is 4.79 Å². The first-order chi connectivity index (χ1) is 10.2. The number of hydrogen-bond donors (Lipinski definition) is 1. The van der Waals surface area contributed by atoms with Crippen LogP contribution in [0, 0.1) is 5.92 Å². The number of likely N-dealkylation sites (N-methyl/N-ethyl adjacent to an activating group) is 1. The maximum absolute atomic E-state index is 11.8. The fourth-order valence-corrected chi connectivity index (χ4v) is 3.38. The summed E-state index contributed by atoms with van der Waals surface area (Å²) < 4.78 is 0. The third kappa shape index (κ3) is 3.38. The van der Waals surface area contributed by atoms with Crippen LogP contribution in [0.25, 0.3) is 0 Å². The SMILES string of the molecule is CN1CCCN(c2ccccc2CC2CCNC2=O)CC1. The molecule has 1 atom stereocenters. The minimum Gasteiger partial charge on any atom is -0.370 e. The van der Waals surface area contributed by atoms with E-state index in [2.05, 4.69) is 46.4 Å². The van der Waals surface area contributed by atoms with Crippen molar-refractivity contribution in [1.29, 1.82) is 0 Å². The first kappa shape index (κ1) is 14.4. The molecule has 2 heterocycles. The van der Waals surface area contributed by atoms with E-state index in [1.807, 2.05) is 0 Å². The number of amides is 1. The van der Waals surface area contributed by atoms with Crippen molar-refractivity contribution in [3.63, 3.8) is 0 Å². The van der Waals surface area contributed by atoms with Crippen molar-refractivity contribution >= 4 is 11.6 Å². The summed E-state index contributed by atoms with van der Waals surface area (Å²) in [6.45, 7) is 5.30. The lowest BCUT2D eigenvalue weighted by atomic mass is 9.96. The lowest BCUT2D eigenvalue weighted by molar-refractivity contribution is -0.122. The molecule has 1 unspecified atom stereocenters. The molecule has 4 heteroatoms. The highest BCUT2D eigenvalue weighted by molar-refractivity contribution is 5.81. The molecule has 0 bridgehead atoms. The predicted molar refractivity (Wildman–Crippen MR) is 85.6 cm³/mol. The Kier molecular flexibility index (Phi) is 4.44. The molecule has 0 spiro atoms. The van der Waals surface area contributed by atoms with Gasteiger partial charge in [-0.2, -0.15) is 0 Å². The van der Waals surface area contributed by atoms with Crippen LogP contribution in [0.2, 0.25) is 0 Å². The van der Waals surface area contributed by atoms with E-state index in [-0.39, 0.29) is 11.8 Å². The molecule has 0 saturated carbocycles. The summed E-state index contributed by atoms with van der Waals surface area (Å²) in [5.41, 5.74) is 2.65. The summed E-state index contributed by atoms with van der Waals surface area (Å²) in [4.78, 5) is 16.7. The maximum Gasteiger partial charge on any atom is 0.223 e. The van der Waals surface area contributed by atoms with E-state index in [1.165, 1.54) is 24.2 Å². The highest BCUT2D eigenvalue weighted by Gasteiger charge is 2.25. The number of rotatable bonds is 3. The van der Waals surface area contributed by atoms with Gasteiger partial charge in [-0.05, 0) is 44.5 Å². The summed E-state index contributed by atoms with van der Waals surface area (Å²) in [5, 5.41) is 2.95. The van der Waals surface area contributed by atoms with Crippen LogP contribution in [0.3, 0.4) is 0 Å². The van der Waals surface area contributed by atoms with Crippen molar-refractivity contribution in [2.45, 2.75) is 19.3 Å². The van der Waals surface area contributed by atoms with Gasteiger partial charge in [0.15, 0.2) is 0 Å². The second-order valence-electron chi connectivity index (χ2n) is 6.25. The topological polar surface area (TPSA) is 35.6 Å². The lowest BCUT2D eigenvalue weighted by Gasteiger charge is -2.26. The van der Waals surface area contributed by atoms with E-state index >= 15 is 0 Å². The quantitative estimate of drug-likeness (QED) is 0.915. The average Bonchev–Trinajstić information content (AvgIpc) is 2.76. The largest absolute Gasteiger partial charge is 0.370 e. The van der Waals surface area contributed by atoms with Crippen LogP contribution in [0.5, 0.6) is 0 Å². The summed E-state index contributed by atoms with van der Waals surface area (Å²) in [7, 11) is 2.19. The van der Waals surface area contributed by atoms with E-state index in [4.69, 9.17) is 0 Å². The standard InChI is InChI=1S/C17H25N3O/c1-19-9-4-10-20(12-11-19)16-6-3-2-5-14(16)13-15-7-8-18-17(15)21/h2-3,5-6,15H,4,7-13H2,1H3,(H,18,21). The number of benzene rings is 1. The molecule has 0 radical (unpaired) electrons. The molecular weight excluding hydrogens is 262 g/mol. The second kappa shape index (κ2) is 6.48. The number of carbonyl (C=O) groups is 1. The average molecular weight is 287 g/mol. The molecule has 4 nitrogen and oxygen atoms in total. The molecule has 2 saturated heterocycles. The first-order valence-electron chi connectivity index (χ1n) is 8.03. The number of nitrogens with zero attached hydrogens (tertiary/aromatic N) is 2. The molecule has 0 aromatic heterocycles. The van der Waals surface area contributed by atoms with Gasteiger partial charge in [0.1, 0.15) is 0 Å². The second-order valence-corrected chi connectivity index (χ2v) is 6.25. The lowest BCUT2D eigenvalue weighted by Crippen LogP contribution is -2.30. The molecule has 1 N–H and O–H groups in total. The normalized spacial score (nSPS) is 24.0. The van der Waals surface area contributed by atoms with Crippen LogP contribution in [0.1, 0.15) is 18.4 Å². The monoisotopic (exact) mass is 287 g/mol. The third-order valence-electron chi connectivity index (χ3n) is 4.68. The third-order valence-corrected chi connectivity index (χ3v) is 4.68. The first-order valence-corrected chi connectivity index (χ1v) is 8.03. The van der Waals surface area contributed by atoms with Crippen LogP contribution < -0.4 is 10.2 Å². The van der Waals surface area contributed by atoms with Crippen LogP contribution >= 0.6 is 0 Å². The number of nitrogens with one attached hydrogen (secondary N) is 1. The highest BCUT2D eigenvalue weighted by Crippen LogP contribution is 2.26. The predicted octanol–water partition coefficient (Wildman–Crippen LogP) is 1.51. The van der Waals surface area contributed by atoms with E-state index < -0.39 is 0 Å². The fourth-order valence-electron chi connectivity index (χ4n) is 3.38. The Labute approximate surface area is 127 Å². The van der Waals surface area contributed by atoms with Gasteiger partial charge in [-0.25, -0.2) is 0 Å². The molecule has 2 aliphatic rings. The smallest absolute Gasteiger partial charge is 0.223 e. The van der Waals surface area contributed by atoms with Crippen molar-refractivity contribution in [2.24, 2.45) is 5.92 Å². The van der Waals surface area contributed by atoms with Gasteiger partial charge in [-0.1, -0.05) is 18.2 Å². The zero-order valence-electron chi connectivity index (χ0n) is 12.8. The Hall–Kier alpha value is -1.55. The minimum atomic E-state index is 0.154. The van der Waals surface area contributed by atoms with Crippen LogP contribution in [0.4, 0.5) is 5.69 Å². The molecule has 21 heavy (non-hydrogen) atoms. The molecule has 1 aromatic carbocycles. The highest BCUT2D eigenvalue weighted by atomic mass is 16.2. The van der Waals surface area contributed by atoms with Gasteiger partial charge < -0.3 is 15.1 Å². The van der Waals surface area contributed by atoms with Crippen molar-refractivity contribution in [2.75, 3.05) is 44.7 Å². The summed E-state index contributed by atoms with van der Waals surface area (Å²) in [6.07, 6.45) is 3.04. The van der Waals surface area contributed by atoms with E-state index in [0.29, 0.717) is 0 Å². The molecule has 1 amide bonds. The number of hydrogen-bond acceptors (Lipinski definition) is 3. The maximum atomic E-state index is 11.8. The van der Waals surface area contributed by atoms with Crippen LogP contribution in [0.15, 0.2) is 24.3 Å². The van der Waals surface area contributed by atoms with Crippen molar-refractivity contribution in [3.8, 4) is 0 Å². The molecule has 0 aliphatic carbocycles. The Morgan fingerprint density at radius 3 is 2.86 bits per heavy atom. The van der Waals surface area contributed by atoms with Gasteiger partial charge in [-0.15, -0.1) is 0 Å². The minimum absolute atomic E-state index is 0.154. The van der Waals surface area contributed by atoms with E-state index in [1.54, 1.807) is 0 Å². The Morgan fingerprint density at radius 1 is 1.19 bits per heavy atom. The summed E-state index contributed by atoms with van der Waals surface area (Å²) in [5.74, 6) is 0.376. The number of carbonyl (C=O) groups excluding carboxylic acids is 1. The Balaban J connectivity index is 1.77. The zero-order chi connectivity index (χ0) is 14.7. The molecule has 1 aromatic rings. The zero-order valence-corrected chi connectivity index (χ0v) is 12.8. The summed E-state index contributed by atoms with van der Waals surface area (Å²) >= 11 is 0. The molecular formula is C17H25N3O. The number of anilines is 1. The number of para-hydroxylation sites is 1. The van der Waals surface area contributed by atoms with Crippen LogP contribution in [-0.2, 0) is 11.2 Å². The summed E-state index contributed by atoms with van der Waals surface area (Å²) in [6, 6.07) is 8.61. The van der Waals surface area contributed by atoms with Gasteiger partial charge in [0.25, 0.3) is 0 Å². The Morgan fingerprint density at radius 2 is 2.05 bits per heavy atom. The van der Waals surface area contributed by atoms with Gasteiger partial charge in [-0.3, -0.25) is 4.79 Å². The van der Waals surface area contributed by atoms with Crippen molar-refractivity contribution in [1.82, 2.24) is 10.2 Å². The van der Waals surface area contributed by atoms with Gasteiger partial charge >= 0.3 is 0 Å². The van der Waals surface area contributed by atoms with Crippen LogP contribution in [-0.4, -0.2) is 50.6 Å². The van der Waals surface area contributed by atoms with Gasteiger partial charge in [0.05, 0.1) is 0 Å². The molecule has 2 fully saturated rings. The fraction of sp³-hybridized carbons (Fsp3) is 0.588. The van der Waals surface area contributed by atoms with Gasteiger partial charge in [0.2, 0.25) is 5.91 Å². The molecule has 2 aliphatic heterocycles. The Bertz CT molecular complexity index is 503. The van der Waals surface area contributed by atoms with E-state index in [0.717, 1.165) is 39.0 Å². The van der Waals surface area contributed by atoms with Crippen molar-refractivity contribution in [3.05, 3.63) is 29.8 Å². The molecule has 114 valence electrons.